The monoisotopic (exact) mass is 404 g/mol. The summed E-state index contributed by atoms with van der Waals surface area (Å²) in [6, 6.07) is 13.0. The number of rotatable bonds is 6. The first-order valence-electron chi connectivity index (χ1n) is 8.52. The van der Waals surface area contributed by atoms with Crippen LogP contribution in [0.5, 0.6) is 11.8 Å². The molecule has 3 N–H and O–H groups in total. The van der Waals surface area contributed by atoms with Gasteiger partial charge in [-0.3, -0.25) is 0 Å². The molecule has 1 heterocycles. The molecule has 0 spiro atoms. The molecule has 0 aliphatic carbocycles. The molecular formula is C19H20N2O6S. The van der Waals surface area contributed by atoms with Crippen LogP contribution in [0.3, 0.4) is 0 Å². The van der Waals surface area contributed by atoms with E-state index in [1.165, 1.54) is 12.1 Å². The van der Waals surface area contributed by atoms with Crippen molar-refractivity contribution in [3.8, 4) is 11.8 Å². The summed E-state index contributed by atoms with van der Waals surface area (Å²) < 4.78 is 28.5. The van der Waals surface area contributed by atoms with Gasteiger partial charge in [-0.25, -0.2) is 13.2 Å². The molecule has 148 valence electrons. The number of aromatic nitrogens is 1. The van der Waals surface area contributed by atoms with Crippen LogP contribution in [0.4, 0.5) is 0 Å². The van der Waals surface area contributed by atoms with E-state index in [0.29, 0.717) is 4.73 Å². The van der Waals surface area contributed by atoms with Crippen LogP contribution < -0.4 is 9.56 Å². The molecule has 8 nitrogen and oxygen atoms in total. The van der Waals surface area contributed by atoms with Crippen LogP contribution in [0.1, 0.15) is 13.8 Å². The fourth-order valence-electron chi connectivity index (χ4n) is 2.67. The van der Waals surface area contributed by atoms with E-state index >= 15 is 0 Å². The highest BCUT2D eigenvalue weighted by molar-refractivity contribution is 7.89. The first-order chi connectivity index (χ1) is 13.2. The maximum atomic E-state index is 12.8. The van der Waals surface area contributed by atoms with Crippen molar-refractivity contribution in [3.63, 3.8) is 0 Å². The topological polar surface area (TPSA) is 118 Å². The number of nitrogens with one attached hydrogen (secondary N) is 1. The predicted octanol–water partition coefficient (Wildman–Crippen LogP) is 2.01. The fraction of sp³-hybridized carbons (Fsp3) is 0.211. The Morgan fingerprint density at radius 1 is 1.00 bits per heavy atom. The van der Waals surface area contributed by atoms with Gasteiger partial charge in [0.1, 0.15) is 6.04 Å². The van der Waals surface area contributed by atoms with E-state index in [1.54, 1.807) is 32.0 Å². The minimum Gasteiger partial charge on any atom is -0.492 e. The summed E-state index contributed by atoms with van der Waals surface area (Å²) in [6.45, 7) is 3.29. The number of nitrogens with zero attached hydrogens (tertiary/aromatic N) is 1. The second kappa shape index (κ2) is 7.53. The number of benzene rings is 2. The molecule has 0 radical (unpaired) electrons. The number of hydrogen-bond acceptors (Lipinski definition) is 6. The Balaban J connectivity index is 1.86. The normalized spacial score (nSPS) is 13.0. The second-order valence-corrected chi connectivity index (χ2v) is 8.32. The van der Waals surface area contributed by atoms with Gasteiger partial charge in [0.25, 0.3) is 0 Å². The Bertz CT molecular complexity index is 1100. The van der Waals surface area contributed by atoms with Gasteiger partial charge < -0.3 is 15.1 Å². The zero-order valence-corrected chi connectivity index (χ0v) is 16.1. The molecule has 3 rings (SSSR count). The van der Waals surface area contributed by atoms with Crippen molar-refractivity contribution < 1.29 is 28.3 Å². The van der Waals surface area contributed by atoms with E-state index in [4.69, 9.17) is 4.84 Å². The number of hydrogen-bond donors (Lipinski definition) is 3. The molecule has 0 aliphatic heterocycles. The average molecular weight is 404 g/mol. The van der Waals surface area contributed by atoms with E-state index in [-0.39, 0.29) is 4.90 Å². The number of carbonyl (C=O) groups excluding carboxylic acids is 1. The highest BCUT2D eigenvalue weighted by Gasteiger charge is 2.31. The smallest absolute Gasteiger partial charge is 0.351 e. The third kappa shape index (κ3) is 3.95. The van der Waals surface area contributed by atoms with Gasteiger partial charge in [-0.05, 0) is 28.8 Å². The number of fused-ring (bicyclic) bond motifs is 1. The first-order valence-corrected chi connectivity index (χ1v) is 10.0. The molecule has 0 amide bonds. The first kappa shape index (κ1) is 19.7. The second-order valence-electron chi connectivity index (χ2n) is 6.61. The Labute approximate surface area is 162 Å². The summed E-state index contributed by atoms with van der Waals surface area (Å²) in [5, 5.41) is 20.8. The summed E-state index contributed by atoms with van der Waals surface area (Å²) in [4.78, 5) is 17.4. The van der Waals surface area contributed by atoms with E-state index in [2.05, 4.69) is 4.72 Å². The molecule has 0 bridgehead atoms. The highest BCUT2D eigenvalue weighted by atomic mass is 32.2. The number of aromatic hydroxyl groups is 2. The molecule has 2 aromatic carbocycles. The largest absolute Gasteiger partial charge is 0.492 e. The van der Waals surface area contributed by atoms with Crippen molar-refractivity contribution in [3.05, 3.63) is 54.6 Å². The Hall–Kier alpha value is -3.04. The molecular weight excluding hydrogens is 384 g/mol. The van der Waals surface area contributed by atoms with Crippen LogP contribution in [0.2, 0.25) is 0 Å². The van der Waals surface area contributed by atoms with Crippen LogP contribution in [-0.2, 0) is 14.8 Å². The Morgan fingerprint density at radius 2 is 1.61 bits per heavy atom. The predicted molar refractivity (Wildman–Crippen MR) is 102 cm³/mol. The third-order valence-electron chi connectivity index (χ3n) is 4.21. The maximum absolute atomic E-state index is 12.8. The summed E-state index contributed by atoms with van der Waals surface area (Å²) >= 11 is 0. The standard InChI is InChI=1S/C19H20N2O6S/c1-12(2)18(19(24)27-21-16(22)9-10-17(21)23)20-28(25,26)15-8-7-13-5-3-4-6-14(13)11-15/h3-12,18,20,22-23H,1-2H3/t18-/m0/s1. The highest BCUT2D eigenvalue weighted by Crippen LogP contribution is 2.21. The summed E-state index contributed by atoms with van der Waals surface area (Å²) in [5.74, 6) is -2.42. The molecule has 0 unspecified atom stereocenters. The van der Waals surface area contributed by atoms with Crippen LogP contribution in [0, 0.1) is 5.92 Å². The zero-order chi connectivity index (χ0) is 20.5. The van der Waals surface area contributed by atoms with Gasteiger partial charge in [0, 0.05) is 12.1 Å². The van der Waals surface area contributed by atoms with Gasteiger partial charge in [-0.1, -0.05) is 44.2 Å². The molecule has 0 fully saturated rings. The molecule has 1 aromatic heterocycles. The minimum absolute atomic E-state index is 0.0105. The summed E-state index contributed by atoms with van der Waals surface area (Å²) in [6.07, 6.45) is 0. The van der Waals surface area contributed by atoms with Crippen molar-refractivity contribution >= 4 is 26.8 Å². The minimum atomic E-state index is -4.03. The van der Waals surface area contributed by atoms with Crippen LogP contribution in [0.25, 0.3) is 10.8 Å². The molecule has 9 heteroatoms. The van der Waals surface area contributed by atoms with Crippen molar-refractivity contribution in [2.45, 2.75) is 24.8 Å². The van der Waals surface area contributed by atoms with Gasteiger partial charge in [-0.15, -0.1) is 4.73 Å². The molecule has 1 atom stereocenters. The van der Waals surface area contributed by atoms with Crippen LogP contribution in [-0.4, -0.2) is 35.4 Å². The molecule has 3 aromatic rings. The third-order valence-corrected chi connectivity index (χ3v) is 5.65. The van der Waals surface area contributed by atoms with Crippen LogP contribution in [0.15, 0.2) is 59.5 Å². The van der Waals surface area contributed by atoms with Gasteiger partial charge in [-0.2, -0.15) is 4.72 Å². The molecule has 0 aliphatic rings. The number of carbonyl (C=O) groups is 1. The van der Waals surface area contributed by atoms with Gasteiger partial charge in [0.15, 0.2) is 0 Å². The quantitative estimate of drug-likeness (QED) is 0.578. The van der Waals surface area contributed by atoms with Crippen molar-refractivity contribution in [2.24, 2.45) is 5.92 Å². The lowest BCUT2D eigenvalue weighted by Gasteiger charge is -2.21. The van der Waals surface area contributed by atoms with Gasteiger partial charge in [0.05, 0.1) is 4.90 Å². The Morgan fingerprint density at radius 3 is 2.21 bits per heavy atom. The van der Waals surface area contributed by atoms with Crippen LogP contribution >= 0.6 is 0 Å². The van der Waals surface area contributed by atoms with E-state index < -0.39 is 39.7 Å². The fourth-order valence-corrected chi connectivity index (χ4v) is 4.04. The lowest BCUT2D eigenvalue weighted by Crippen LogP contribution is -2.47. The lowest BCUT2D eigenvalue weighted by molar-refractivity contribution is -0.148. The lowest BCUT2D eigenvalue weighted by atomic mass is 10.1. The SMILES string of the molecule is CC(C)[C@H](NS(=O)(=O)c1ccc2ccccc2c1)C(=O)On1c(O)ccc1O. The van der Waals surface area contributed by atoms with E-state index in [9.17, 15) is 23.4 Å². The summed E-state index contributed by atoms with van der Waals surface area (Å²) in [5.41, 5.74) is 0. The number of sulfonamides is 1. The molecule has 0 saturated carbocycles. The zero-order valence-electron chi connectivity index (χ0n) is 15.2. The molecule has 0 saturated heterocycles. The van der Waals surface area contributed by atoms with Crippen molar-refractivity contribution in [1.29, 1.82) is 0 Å². The maximum Gasteiger partial charge on any atom is 0.351 e. The van der Waals surface area contributed by atoms with Crippen molar-refractivity contribution in [2.75, 3.05) is 0 Å². The Kier molecular flexibility index (Phi) is 5.30. The van der Waals surface area contributed by atoms with E-state index in [1.807, 2.05) is 12.1 Å². The summed E-state index contributed by atoms with van der Waals surface area (Å²) in [7, 11) is -4.03. The molecule has 28 heavy (non-hydrogen) atoms. The van der Waals surface area contributed by atoms with E-state index in [0.717, 1.165) is 22.9 Å². The van der Waals surface area contributed by atoms with Gasteiger partial charge in [0.2, 0.25) is 21.8 Å². The average Bonchev–Trinajstić information content (AvgIpc) is 2.97. The van der Waals surface area contributed by atoms with Crippen molar-refractivity contribution in [1.82, 2.24) is 9.45 Å². The van der Waals surface area contributed by atoms with Gasteiger partial charge >= 0.3 is 5.97 Å².